The predicted molar refractivity (Wildman–Crippen MR) is 53.3 cm³/mol. The molecule has 1 aromatic rings. The molecular weight excluding hydrogens is 182 g/mol. The van der Waals surface area contributed by atoms with Gasteiger partial charge in [0, 0.05) is 4.88 Å². The van der Waals surface area contributed by atoms with Crippen molar-refractivity contribution in [1.82, 2.24) is 0 Å². The highest BCUT2D eigenvalue weighted by Crippen LogP contribution is 2.37. The van der Waals surface area contributed by atoms with Gasteiger partial charge in [-0.25, -0.2) is 0 Å². The van der Waals surface area contributed by atoms with Gasteiger partial charge >= 0.3 is 0 Å². The van der Waals surface area contributed by atoms with Crippen LogP contribution in [-0.4, -0.2) is 5.11 Å². The number of thiophene rings is 1. The Morgan fingerprint density at radius 2 is 2.46 bits per heavy atom. The molecule has 0 spiro atoms. The Balaban J connectivity index is 2.90. The van der Waals surface area contributed by atoms with Crippen LogP contribution in [-0.2, 0) is 0 Å². The molecule has 0 fully saturated rings. The average Bonchev–Trinajstić information content (AvgIpc) is 2.68. The first-order valence-electron chi connectivity index (χ1n) is 4.26. The molecule has 0 aliphatic rings. The Labute approximate surface area is 82.4 Å². The van der Waals surface area contributed by atoms with E-state index in [1.165, 1.54) is 11.3 Å². The third-order valence-electron chi connectivity index (χ3n) is 2.41. The monoisotopic (exact) mass is 195 g/mol. The lowest BCUT2D eigenvalue weighted by Gasteiger charge is -2.24. The van der Waals surface area contributed by atoms with Crippen molar-refractivity contribution in [3.63, 3.8) is 0 Å². The molecule has 3 heteroatoms. The Morgan fingerprint density at radius 3 is 2.85 bits per heavy atom. The topological polar surface area (TPSA) is 44.0 Å². The van der Waals surface area contributed by atoms with Crippen LogP contribution in [0.15, 0.2) is 17.5 Å². The molecule has 0 aliphatic heterocycles. The van der Waals surface area contributed by atoms with E-state index in [2.05, 4.69) is 6.07 Å². The lowest BCUT2D eigenvalue weighted by Crippen LogP contribution is -2.22. The molecule has 0 aliphatic carbocycles. The molecule has 0 radical (unpaired) electrons. The van der Waals surface area contributed by atoms with Crippen LogP contribution in [0.4, 0.5) is 0 Å². The third-order valence-corrected chi connectivity index (χ3v) is 3.33. The fourth-order valence-corrected chi connectivity index (χ4v) is 1.95. The number of rotatable bonds is 3. The van der Waals surface area contributed by atoms with Gasteiger partial charge in [-0.05, 0) is 24.8 Å². The summed E-state index contributed by atoms with van der Waals surface area (Å²) in [5, 5.41) is 20.8. The lowest BCUT2D eigenvalue weighted by molar-refractivity contribution is 0.0754. The molecule has 1 aromatic heterocycles. The minimum absolute atomic E-state index is 0.655. The fraction of sp³-hybridized carbons (Fsp3) is 0.500. The number of aliphatic hydroxyl groups is 1. The molecular formula is C10H13NOS. The van der Waals surface area contributed by atoms with Gasteiger partial charge in [-0.3, -0.25) is 0 Å². The summed E-state index contributed by atoms with van der Waals surface area (Å²) >= 11 is 1.49. The van der Waals surface area contributed by atoms with Gasteiger partial charge in [0.2, 0.25) is 0 Å². The minimum Gasteiger partial charge on any atom is -0.386 e. The maximum atomic E-state index is 9.92. The Hall–Kier alpha value is -0.850. The first kappa shape index (κ1) is 10.2. The van der Waals surface area contributed by atoms with Crippen LogP contribution in [0.3, 0.4) is 0 Å². The smallest absolute Gasteiger partial charge is 0.106 e. The van der Waals surface area contributed by atoms with E-state index in [0.717, 1.165) is 4.88 Å². The standard InChI is InChI=1S/C10H13NOS/c1-3-10(2,7-11)9(12)8-5-4-6-13-8/h4-6,9,12H,3H2,1-2H3. The van der Waals surface area contributed by atoms with Gasteiger partial charge in [0.15, 0.2) is 0 Å². The van der Waals surface area contributed by atoms with Gasteiger partial charge in [-0.1, -0.05) is 13.0 Å². The van der Waals surface area contributed by atoms with Crippen molar-refractivity contribution in [2.75, 3.05) is 0 Å². The number of nitrogens with zero attached hydrogens (tertiary/aromatic N) is 1. The molecule has 2 atom stereocenters. The van der Waals surface area contributed by atoms with E-state index in [4.69, 9.17) is 5.26 Å². The molecule has 2 unspecified atom stereocenters. The molecule has 0 amide bonds. The van der Waals surface area contributed by atoms with Gasteiger partial charge in [0.05, 0.1) is 11.5 Å². The Morgan fingerprint density at radius 1 is 1.77 bits per heavy atom. The summed E-state index contributed by atoms with van der Waals surface area (Å²) in [5.41, 5.74) is -0.662. The molecule has 1 N–H and O–H groups in total. The van der Waals surface area contributed by atoms with Crippen LogP contribution in [0.5, 0.6) is 0 Å². The van der Waals surface area contributed by atoms with Gasteiger partial charge in [0.1, 0.15) is 6.10 Å². The summed E-state index contributed by atoms with van der Waals surface area (Å²) in [4.78, 5) is 0.867. The van der Waals surface area contributed by atoms with E-state index in [9.17, 15) is 5.11 Å². The summed E-state index contributed by atoms with van der Waals surface area (Å²) in [6.07, 6.45) is -0.00903. The Kier molecular flexibility index (Phi) is 3.07. The number of hydrogen-bond donors (Lipinski definition) is 1. The van der Waals surface area contributed by atoms with Gasteiger partial charge in [-0.2, -0.15) is 5.26 Å². The second-order valence-corrected chi connectivity index (χ2v) is 4.28. The molecule has 13 heavy (non-hydrogen) atoms. The number of hydrogen-bond acceptors (Lipinski definition) is 3. The third kappa shape index (κ3) is 1.90. The lowest BCUT2D eigenvalue weighted by atomic mass is 9.82. The number of aliphatic hydroxyl groups excluding tert-OH is 1. The molecule has 0 aromatic carbocycles. The summed E-state index contributed by atoms with van der Waals surface area (Å²) in [6.45, 7) is 3.71. The zero-order chi connectivity index (χ0) is 9.90. The molecule has 0 saturated carbocycles. The maximum Gasteiger partial charge on any atom is 0.106 e. The summed E-state index contributed by atoms with van der Waals surface area (Å²) in [6, 6.07) is 5.92. The van der Waals surface area contributed by atoms with Gasteiger partial charge < -0.3 is 5.11 Å². The molecule has 2 nitrogen and oxygen atoms in total. The summed E-state index contributed by atoms with van der Waals surface area (Å²) in [7, 11) is 0. The van der Waals surface area contributed by atoms with Crippen molar-refractivity contribution in [2.45, 2.75) is 26.4 Å². The van der Waals surface area contributed by atoms with Crippen molar-refractivity contribution in [2.24, 2.45) is 5.41 Å². The highest BCUT2D eigenvalue weighted by atomic mass is 32.1. The van der Waals surface area contributed by atoms with Crippen LogP contribution < -0.4 is 0 Å². The second-order valence-electron chi connectivity index (χ2n) is 3.30. The van der Waals surface area contributed by atoms with Crippen molar-refractivity contribution >= 4 is 11.3 Å². The average molecular weight is 195 g/mol. The van der Waals surface area contributed by atoms with Crippen LogP contribution >= 0.6 is 11.3 Å². The highest BCUT2D eigenvalue weighted by molar-refractivity contribution is 7.10. The number of nitriles is 1. The summed E-state index contributed by atoms with van der Waals surface area (Å²) < 4.78 is 0. The van der Waals surface area contributed by atoms with Crippen molar-refractivity contribution in [1.29, 1.82) is 5.26 Å². The molecule has 1 rings (SSSR count). The molecule has 0 bridgehead atoms. The van der Waals surface area contributed by atoms with Gasteiger partial charge in [-0.15, -0.1) is 11.3 Å². The van der Waals surface area contributed by atoms with E-state index >= 15 is 0 Å². The zero-order valence-corrected chi connectivity index (χ0v) is 8.64. The zero-order valence-electron chi connectivity index (χ0n) is 7.82. The quantitative estimate of drug-likeness (QED) is 0.806. The first-order chi connectivity index (χ1) is 6.14. The summed E-state index contributed by atoms with van der Waals surface area (Å²) in [5.74, 6) is 0. The second kappa shape index (κ2) is 3.91. The van der Waals surface area contributed by atoms with E-state index in [1.807, 2.05) is 24.4 Å². The van der Waals surface area contributed by atoms with Gasteiger partial charge in [0.25, 0.3) is 0 Å². The maximum absolute atomic E-state index is 9.92. The van der Waals surface area contributed by atoms with Crippen molar-refractivity contribution < 1.29 is 5.11 Å². The molecule has 0 saturated heterocycles. The van der Waals surface area contributed by atoms with Crippen LogP contribution in [0, 0.1) is 16.7 Å². The van der Waals surface area contributed by atoms with Crippen LogP contribution in [0.2, 0.25) is 0 Å². The highest BCUT2D eigenvalue weighted by Gasteiger charge is 2.32. The van der Waals surface area contributed by atoms with E-state index < -0.39 is 11.5 Å². The van der Waals surface area contributed by atoms with Crippen molar-refractivity contribution in [3.05, 3.63) is 22.4 Å². The SMILES string of the molecule is CCC(C)(C#N)C(O)c1cccs1. The van der Waals surface area contributed by atoms with Crippen LogP contribution in [0.25, 0.3) is 0 Å². The molecule has 1 heterocycles. The molecule has 70 valence electrons. The predicted octanol–water partition coefficient (Wildman–Crippen LogP) is 2.72. The fourth-order valence-electron chi connectivity index (χ4n) is 1.09. The normalized spacial score (nSPS) is 17.4. The Bertz CT molecular complexity index is 301. The van der Waals surface area contributed by atoms with E-state index in [0.29, 0.717) is 6.42 Å². The van der Waals surface area contributed by atoms with E-state index in [-0.39, 0.29) is 0 Å². The minimum atomic E-state index is -0.664. The largest absolute Gasteiger partial charge is 0.386 e. The van der Waals surface area contributed by atoms with Crippen LogP contribution in [0.1, 0.15) is 31.2 Å². The van der Waals surface area contributed by atoms with Crippen molar-refractivity contribution in [3.8, 4) is 6.07 Å². The van der Waals surface area contributed by atoms with E-state index in [1.54, 1.807) is 6.92 Å². The first-order valence-corrected chi connectivity index (χ1v) is 5.14.